The average molecular weight is 362 g/mol. The molecule has 118 valence electrons. The first-order valence-electron chi connectivity index (χ1n) is 7.38. The summed E-state index contributed by atoms with van der Waals surface area (Å²) < 4.78 is 0.418. The molecule has 0 atom stereocenters. The Balaban J connectivity index is 1.52. The maximum absolute atomic E-state index is 12.1. The van der Waals surface area contributed by atoms with Gasteiger partial charge in [0.15, 0.2) is 4.77 Å². The number of hydrogen-bond acceptors (Lipinski definition) is 5. The highest BCUT2D eigenvalue weighted by atomic mass is 32.1. The van der Waals surface area contributed by atoms with Gasteiger partial charge in [0.05, 0.1) is 5.56 Å². The molecule has 0 aromatic carbocycles. The van der Waals surface area contributed by atoms with Crippen LogP contribution >= 0.6 is 34.9 Å². The zero-order valence-corrected chi connectivity index (χ0v) is 14.7. The fourth-order valence-corrected chi connectivity index (χ4v) is 4.98. The lowest BCUT2D eigenvalue weighted by atomic mass is 10.1. The number of nitrogens with one attached hydrogen (secondary N) is 2. The van der Waals surface area contributed by atoms with E-state index in [9.17, 15) is 4.79 Å². The summed E-state index contributed by atoms with van der Waals surface area (Å²) in [6, 6.07) is 8.61. The van der Waals surface area contributed by atoms with Crippen LogP contribution in [0.5, 0.6) is 0 Å². The monoisotopic (exact) mass is 361 g/mol. The van der Waals surface area contributed by atoms with E-state index in [1.54, 1.807) is 11.3 Å². The van der Waals surface area contributed by atoms with Crippen LogP contribution in [0, 0.1) is 4.77 Å². The lowest BCUT2D eigenvalue weighted by Crippen LogP contribution is -2.35. The lowest BCUT2D eigenvalue weighted by molar-refractivity contribution is 0.243. The molecule has 4 heterocycles. The molecule has 1 aliphatic heterocycles. The molecule has 0 saturated heterocycles. The van der Waals surface area contributed by atoms with E-state index in [1.807, 2.05) is 11.3 Å². The highest BCUT2D eigenvalue weighted by Gasteiger charge is 2.20. The highest BCUT2D eigenvalue weighted by molar-refractivity contribution is 7.71. The van der Waals surface area contributed by atoms with Crippen LogP contribution in [-0.2, 0) is 19.5 Å². The van der Waals surface area contributed by atoms with Crippen LogP contribution in [-0.4, -0.2) is 21.4 Å². The van der Waals surface area contributed by atoms with E-state index in [1.165, 1.54) is 14.6 Å². The summed E-state index contributed by atoms with van der Waals surface area (Å²) in [7, 11) is 0. The molecular weight excluding hydrogens is 346 g/mol. The Kier molecular flexibility index (Phi) is 4.02. The molecule has 3 aromatic rings. The van der Waals surface area contributed by atoms with Crippen molar-refractivity contribution in [1.29, 1.82) is 0 Å². The molecule has 0 unspecified atom stereocenters. The van der Waals surface area contributed by atoms with Gasteiger partial charge in [0, 0.05) is 46.4 Å². The Morgan fingerprint density at radius 2 is 2.13 bits per heavy atom. The molecule has 4 rings (SSSR count). The maximum Gasteiger partial charge on any atom is 0.256 e. The molecule has 0 bridgehead atoms. The quantitative estimate of drug-likeness (QED) is 0.698. The van der Waals surface area contributed by atoms with Crippen LogP contribution in [0.2, 0.25) is 0 Å². The van der Waals surface area contributed by atoms with E-state index < -0.39 is 0 Å². The van der Waals surface area contributed by atoms with Gasteiger partial charge in [-0.25, -0.2) is 0 Å². The molecule has 0 fully saturated rings. The van der Waals surface area contributed by atoms with Crippen molar-refractivity contribution in [3.05, 3.63) is 60.9 Å². The number of fused-ring (bicyclic) bond motifs is 1. The van der Waals surface area contributed by atoms with E-state index in [4.69, 9.17) is 12.2 Å². The van der Waals surface area contributed by atoms with Crippen LogP contribution in [0.4, 0.5) is 0 Å². The molecule has 0 aliphatic carbocycles. The van der Waals surface area contributed by atoms with Gasteiger partial charge in [-0.1, -0.05) is 6.07 Å². The minimum absolute atomic E-state index is 0.0566. The average Bonchev–Trinajstić information content (AvgIpc) is 3.19. The second-order valence-electron chi connectivity index (χ2n) is 5.57. The third-order valence-corrected chi connectivity index (χ3v) is 6.33. The zero-order chi connectivity index (χ0) is 15.8. The van der Waals surface area contributed by atoms with Gasteiger partial charge in [-0.2, -0.15) is 0 Å². The number of aromatic nitrogens is 2. The molecule has 0 saturated carbocycles. The Bertz CT molecular complexity index is 936. The largest absolute Gasteiger partial charge is 0.335 e. The maximum atomic E-state index is 12.1. The first-order chi connectivity index (χ1) is 11.2. The SMILES string of the molecule is O=c1[nH]c(=S)[nH]c2c1CN(Cc1ccc(-c3cccs3)s1)CC2. The van der Waals surface area contributed by atoms with Crippen molar-refractivity contribution in [3.63, 3.8) is 0 Å². The first-order valence-corrected chi connectivity index (χ1v) is 9.49. The first kappa shape index (κ1) is 15.0. The number of thiophene rings is 2. The van der Waals surface area contributed by atoms with Crippen molar-refractivity contribution >= 4 is 34.9 Å². The van der Waals surface area contributed by atoms with Gasteiger partial charge < -0.3 is 4.98 Å². The smallest absolute Gasteiger partial charge is 0.256 e. The van der Waals surface area contributed by atoms with Crippen LogP contribution < -0.4 is 5.56 Å². The van der Waals surface area contributed by atoms with Crippen molar-refractivity contribution in [2.45, 2.75) is 19.5 Å². The second kappa shape index (κ2) is 6.16. The fraction of sp³-hybridized carbons (Fsp3) is 0.250. The van der Waals surface area contributed by atoms with Gasteiger partial charge in [0.2, 0.25) is 0 Å². The summed E-state index contributed by atoms with van der Waals surface area (Å²) in [5.74, 6) is 0. The van der Waals surface area contributed by atoms with Gasteiger partial charge in [0.25, 0.3) is 5.56 Å². The molecule has 7 heteroatoms. The van der Waals surface area contributed by atoms with Crippen molar-refractivity contribution in [2.24, 2.45) is 0 Å². The van der Waals surface area contributed by atoms with Crippen LogP contribution in [0.3, 0.4) is 0 Å². The van der Waals surface area contributed by atoms with Crippen molar-refractivity contribution in [2.75, 3.05) is 6.54 Å². The van der Waals surface area contributed by atoms with E-state index in [0.29, 0.717) is 11.3 Å². The molecule has 0 amide bonds. The number of H-pyrrole nitrogens is 2. The molecule has 0 spiro atoms. The number of aromatic amines is 2. The molecule has 2 N–H and O–H groups in total. The van der Waals surface area contributed by atoms with Gasteiger partial charge in [0.1, 0.15) is 0 Å². The van der Waals surface area contributed by atoms with Gasteiger partial charge >= 0.3 is 0 Å². The summed E-state index contributed by atoms with van der Waals surface area (Å²) in [5.41, 5.74) is 1.75. The zero-order valence-electron chi connectivity index (χ0n) is 12.3. The summed E-state index contributed by atoms with van der Waals surface area (Å²) in [6.07, 6.45) is 0.839. The minimum atomic E-state index is -0.0566. The number of rotatable bonds is 3. The minimum Gasteiger partial charge on any atom is -0.335 e. The van der Waals surface area contributed by atoms with Crippen LogP contribution in [0.1, 0.15) is 16.1 Å². The summed E-state index contributed by atoms with van der Waals surface area (Å²) >= 11 is 8.64. The highest BCUT2D eigenvalue weighted by Crippen LogP contribution is 2.32. The Labute approximate surface area is 146 Å². The fourth-order valence-electron chi connectivity index (χ4n) is 2.88. The van der Waals surface area contributed by atoms with Gasteiger partial charge in [-0.15, -0.1) is 22.7 Å². The van der Waals surface area contributed by atoms with Gasteiger partial charge in [-0.05, 0) is 35.8 Å². The molecule has 1 aliphatic rings. The van der Waals surface area contributed by atoms with E-state index in [-0.39, 0.29) is 5.56 Å². The molecular formula is C16H15N3OS3. The Morgan fingerprint density at radius 1 is 1.22 bits per heavy atom. The van der Waals surface area contributed by atoms with Crippen molar-refractivity contribution < 1.29 is 0 Å². The normalized spacial score (nSPS) is 14.8. The number of hydrogen-bond donors (Lipinski definition) is 2. The summed E-state index contributed by atoms with van der Waals surface area (Å²) in [5, 5.41) is 2.10. The van der Waals surface area contributed by atoms with Crippen LogP contribution in [0.15, 0.2) is 34.4 Å². The van der Waals surface area contributed by atoms with E-state index in [2.05, 4.69) is 44.5 Å². The molecule has 23 heavy (non-hydrogen) atoms. The predicted molar refractivity (Wildman–Crippen MR) is 97.7 cm³/mol. The second-order valence-corrected chi connectivity index (χ2v) is 8.09. The summed E-state index contributed by atoms with van der Waals surface area (Å²) in [4.78, 5) is 24.2. The third-order valence-electron chi connectivity index (χ3n) is 3.99. The topological polar surface area (TPSA) is 51.9 Å². The third kappa shape index (κ3) is 3.10. The van der Waals surface area contributed by atoms with E-state index in [0.717, 1.165) is 30.8 Å². The standard InChI is InChI=1S/C16H15N3OS3/c20-15-11-9-19(6-5-12(11)17-16(21)18-15)8-10-3-4-14(23-10)13-2-1-7-22-13/h1-4,7H,5-6,8-9H2,(H2,17,18,20,21). The lowest BCUT2D eigenvalue weighted by Gasteiger charge is -2.27. The molecule has 3 aromatic heterocycles. The van der Waals surface area contributed by atoms with Crippen molar-refractivity contribution in [3.8, 4) is 9.75 Å². The van der Waals surface area contributed by atoms with E-state index >= 15 is 0 Å². The molecule has 0 radical (unpaired) electrons. The van der Waals surface area contributed by atoms with Crippen LogP contribution in [0.25, 0.3) is 9.75 Å². The van der Waals surface area contributed by atoms with Crippen molar-refractivity contribution in [1.82, 2.24) is 14.9 Å². The Hall–Kier alpha value is -1.54. The molecule has 4 nitrogen and oxygen atoms in total. The van der Waals surface area contributed by atoms with Gasteiger partial charge in [-0.3, -0.25) is 14.7 Å². The predicted octanol–water partition coefficient (Wildman–Crippen LogP) is 3.78. The summed E-state index contributed by atoms with van der Waals surface area (Å²) in [6.45, 7) is 2.49. The Morgan fingerprint density at radius 3 is 2.96 bits per heavy atom. The number of nitrogens with zero attached hydrogens (tertiary/aromatic N) is 1.